The molecule has 1 heterocycles. The highest BCUT2D eigenvalue weighted by Gasteiger charge is 2.15. The number of nitrogens with one attached hydrogen (secondary N) is 1. The maximum absolute atomic E-state index is 11.8. The fourth-order valence-electron chi connectivity index (χ4n) is 2.01. The first kappa shape index (κ1) is 15.4. The fraction of sp³-hybridized carbons (Fsp3) is 0.917. The predicted octanol–water partition coefficient (Wildman–Crippen LogP) is 0.413. The molecule has 0 aromatic carbocycles. The number of hydrogen-bond acceptors (Lipinski definition) is 4. The summed E-state index contributed by atoms with van der Waals surface area (Å²) in [5, 5.41) is 3.02. The van der Waals surface area contributed by atoms with Gasteiger partial charge in [-0.3, -0.25) is 4.79 Å². The van der Waals surface area contributed by atoms with Gasteiger partial charge in [-0.15, -0.1) is 0 Å². The van der Waals surface area contributed by atoms with Gasteiger partial charge in [0.1, 0.15) is 9.84 Å². The van der Waals surface area contributed by atoms with Gasteiger partial charge >= 0.3 is 0 Å². The van der Waals surface area contributed by atoms with Crippen molar-refractivity contribution in [1.29, 1.82) is 0 Å². The quantitative estimate of drug-likeness (QED) is 0.684. The third-order valence-electron chi connectivity index (χ3n) is 3.23. The van der Waals surface area contributed by atoms with Gasteiger partial charge in [-0.25, -0.2) is 8.42 Å². The van der Waals surface area contributed by atoms with Gasteiger partial charge in [0.15, 0.2) is 0 Å². The van der Waals surface area contributed by atoms with E-state index in [1.807, 2.05) is 4.90 Å². The van der Waals surface area contributed by atoms with Crippen LogP contribution in [0.1, 0.15) is 32.6 Å². The van der Waals surface area contributed by atoms with Crippen LogP contribution in [0.25, 0.3) is 0 Å². The van der Waals surface area contributed by atoms with Gasteiger partial charge in [-0.05, 0) is 32.2 Å². The number of hydrogen-bond donors (Lipinski definition) is 1. The molecule has 1 aliphatic rings. The van der Waals surface area contributed by atoms with Gasteiger partial charge in [0, 0.05) is 18.8 Å². The maximum atomic E-state index is 11.8. The Bertz CT molecular complexity index is 348. The van der Waals surface area contributed by atoms with Gasteiger partial charge in [0.2, 0.25) is 5.91 Å². The minimum absolute atomic E-state index is 0.132. The lowest BCUT2D eigenvalue weighted by molar-refractivity contribution is -0.131. The van der Waals surface area contributed by atoms with Crippen LogP contribution in [0.5, 0.6) is 0 Å². The standard InChI is InChI=1S/C12H24N2O3S/c1-2-18(16,17)10-6-7-13-11-12(15)14-8-4-3-5-9-14/h13H,2-11H2,1H3. The Morgan fingerprint density at radius 2 is 1.89 bits per heavy atom. The second kappa shape index (κ2) is 7.74. The first-order chi connectivity index (χ1) is 8.55. The molecular formula is C12H24N2O3S. The third-order valence-corrected chi connectivity index (χ3v) is 5.02. The average molecular weight is 276 g/mol. The van der Waals surface area contributed by atoms with E-state index in [9.17, 15) is 13.2 Å². The SMILES string of the molecule is CCS(=O)(=O)CCCNCC(=O)N1CCCCC1. The van der Waals surface area contributed by atoms with E-state index in [0.717, 1.165) is 25.9 Å². The summed E-state index contributed by atoms with van der Waals surface area (Å²) < 4.78 is 22.5. The van der Waals surface area contributed by atoms with Crippen LogP contribution in [-0.4, -0.2) is 56.9 Å². The normalized spacial score (nSPS) is 16.8. The lowest BCUT2D eigenvalue weighted by Crippen LogP contribution is -2.41. The van der Waals surface area contributed by atoms with Crippen LogP contribution in [0.4, 0.5) is 0 Å². The Labute approximate surface area is 110 Å². The van der Waals surface area contributed by atoms with Crippen LogP contribution in [-0.2, 0) is 14.6 Å². The zero-order valence-corrected chi connectivity index (χ0v) is 12.0. The fourth-order valence-corrected chi connectivity index (χ4v) is 2.88. The summed E-state index contributed by atoms with van der Waals surface area (Å²) in [6.45, 7) is 4.29. The van der Waals surface area contributed by atoms with E-state index in [-0.39, 0.29) is 17.4 Å². The number of carbonyl (C=O) groups is 1. The van der Waals surface area contributed by atoms with Gasteiger partial charge in [-0.2, -0.15) is 0 Å². The predicted molar refractivity (Wildman–Crippen MR) is 72.2 cm³/mol. The monoisotopic (exact) mass is 276 g/mol. The van der Waals surface area contributed by atoms with E-state index in [1.165, 1.54) is 6.42 Å². The van der Waals surface area contributed by atoms with Crippen LogP contribution >= 0.6 is 0 Å². The second-order valence-electron chi connectivity index (χ2n) is 4.71. The van der Waals surface area contributed by atoms with Crippen molar-refractivity contribution in [1.82, 2.24) is 10.2 Å². The van der Waals surface area contributed by atoms with Crippen LogP contribution in [0, 0.1) is 0 Å². The molecule has 1 fully saturated rings. The van der Waals surface area contributed by atoms with Crippen molar-refractivity contribution in [2.45, 2.75) is 32.6 Å². The van der Waals surface area contributed by atoms with Crippen LogP contribution in [0.2, 0.25) is 0 Å². The molecular weight excluding hydrogens is 252 g/mol. The zero-order valence-electron chi connectivity index (χ0n) is 11.2. The smallest absolute Gasteiger partial charge is 0.236 e. The zero-order chi connectivity index (χ0) is 13.4. The van der Waals surface area contributed by atoms with Gasteiger partial charge in [0.25, 0.3) is 0 Å². The Kier molecular flexibility index (Phi) is 6.63. The maximum Gasteiger partial charge on any atom is 0.236 e. The van der Waals surface area contributed by atoms with E-state index >= 15 is 0 Å². The van der Waals surface area contributed by atoms with Crippen LogP contribution < -0.4 is 5.32 Å². The minimum atomic E-state index is -2.88. The lowest BCUT2D eigenvalue weighted by atomic mass is 10.1. The Morgan fingerprint density at radius 3 is 2.50 bits per heavy atom. The van der Waals surface area contributed by atoms with Crippen LogP contribution in [0.15, 0.2) is 0 Å². The number of sulfone groups is 1. The molecule has 6 heteroatoms. The number of nitrogens with zero attached hydrogens (tertiary/aromatic N) is 1. The molecule has 0 atom stereocenters. The molecule has 0 unspecified atom stereocenters. The summed E-state index contributed by atoms with van der Waals surface area (Å²) in [6.07, 6.45) is 3.98. The summed E-state index contributed by atoms with van der Waals surface area (Å²) >= 11 is 0. The molecule has 0 aliphatic carbocycles. The summed E-state index contributed by atoms with van der Waals surface area (Å²) in [7, 11) is -2.88. The average Bonchev–Trinajstić information content (AvgIpc) is 2.39. The molecule has 5 nitrogen and oxygen atoms in total. The van der Waals surface area contributed by atoms with E-state index in [0.29, 0.717) is 19.5 Å². The summed E-state index contributed by atoms with van der Waals surface area (Å²) in [6, 6.07) is 0. The molecule has 1 amide bonds. The molecule has 0 spiro atoms. The van der Waals surface area contributed by atoms with Crippen molar-refractivity contribution in [2.24, 2.45) is 0 Å². The summed E-state index contributed by atoms with van der Waals surface area (Å²) in [5.41, 5.74) is 0. The minimum Gasteiger partial charge on any atom is -0.342 e. The number of amides is 1. The molecule has 0 radical (unpaired) electrons. The molecule has 0 bridgehead atoms. The topological polar surface area (TPSA) is 66.5 Å². The van der Waals surface area contributed by atoms with E-state index in [1.54, 1.807) is 6.92 Å². The molecule has 0 saturated carbocycles. The largest absolute Gasteiger partial charge is 0.342 e. The molecule has 1 rings (SSSR count). The van der Waals surface area contributed by atoms with Crippen molar-refractivity contribution in [3.8, 4) is 0 Å². The highest BCUT2D eigenvalue weighted by Crippen LogP contribution is 2.08. The van der Waals surface area contributed by atoms with Crippen molar-refractivity contribution in [3.63, 3.8) is 0 Å². The van der Waals surface area contributed by atoms with Crippen molar-refractivity contribution >= 4 is 15.7 Å². The number of carbonyl (C=O) groups excluding carboxylic acids is 1. The molecule has 18 heavy (non-hydrogen) atoms. The van der Waals surface area contributed by atoms with Gasteiger partial charge < -0.3 is 10.2 Å². The van der Waals surface area contributed by atoms with Gasteiger partial charge in [-0.1, -0.05) is 6.92 Å². The van der Waals surface area contributed by atoms with Crippen molar-refractivity contribution in [3.05, 3.63) is 0 Å². The molecule has 0 aromatic rings. The number of likely N-dealkylation sites (tertiary alicyclic amines) is 1. The number of rotatable bonds is 7. The third kappa shape index (κ3) is 5.82. The van der Waals surface area contributed by atoms with Crippen molar-refractivity contribution < 1.29 is 13.2 Å². The Morgan fingerprint density at radius 1 is 1.22 bits per heavy atom. The molecule has 1 N–H and O–H groups in total. The van der Waals surface area contributed by atoms with E-state index < -0.39 is 9.84 Å². The second-order valence-corrected chi connectivity index (χ2v) is 7.18. The Hall–Kier alpha value is -0.620. The van der Waals surface area contributed by atoms with Gasteiger partial charge in [0.05, 0.1) is 12.3 Å². The first-order valence-electron chi connectivity index (χ1n) is 6.74. The molecule has 0 aromatic heterocycles. The van der Waals surface area contributed by atoms with E-state index in [4.69, 9.17) is 0 Å². The number of piperidine rings is 1. The Balaban J connectivity index is 2.08. The highest BCUT2D eigenvalue weighted by atomic mass is 32.2. The highest BCUT2D eigenvalue weighted by molar-refractivity contribution is 7.91. The molecule has 1 aliphatic heterocycles. The molecule has 1 saturated heterocycles. The lowest BCUT2D eigenvalue weighted by Gasteiger charge is -2.26. The van der Waals surface area contributed by atoms with Crippen molar-refractivity contribution in [2.75, 3.05) is 37.7 Å². The summed E-state index contributed by atoms with van der Waals surface area (Å²) in [4.78, 5) is 13.6. The first-order valence-corrected chi connectivity index (χ1v) is 8.56. The molecule has 106 valence electrons. The van der Waals surface area contributed by atoms with Crippen LogP contribution in [0.3, 0.4) is 0 Å². The van der Waals surface area contributed by atoms with E-state index in [2.05, 4.69) is 5.32 Å². The summed E-state index contributed by atoms with van der Waals surface area (Å²) in [5.74, 6) is 0.529.